The third-order valence-electron chi connectivity index (χ3n) is 3.68. The molecule has 0 aromatic heterocycles. The molecule has 1 unspecified atom stereocenters. The van der Waals surface area contributed by atoms with Crippen molar-refractivity contribution >= 4 is 18.3 Å². The maximum absolute atomic E-state index is 12.2. The van der Waals surface area contributed by atoms with Crippen molar-refractivity contribution in [3.05, 3.63) is 36.4 Å². The molecule has 128 valence electrons. The van der Waals surface area contributed by atoms with Crippen LogP contribution in [0.1, 0.15) is 12.5 Å². The summed E-state index contributed by atoms with van der Waals surface area (Å²) < 4.78 is 11.0. The molecule has 1 atom stereocenters. The Morgan fingerprint density at radius 1 is 1.48 bits per heavy atom. The molecule has 5 nitrogen and oxygen atoms in total. The van der Waals surface area contributed by atoms with Gasteiger partial charge in [0, 0.05) is 25.7 Å². The number of rotatable bonds is 6. The standard InChI is InChI=1S/C17H24N2O3.ClH/c1-4-5-14-6-7-15(16(10-14)21-3)22-12-17(20)19-9-8-18-13(2)11-19;/h4,6-7,10,13,18H,1,5,8-9,11-12H2,2-3H3;1H. The van der Waals surface area contributed by atoms with Crippen molar-refractivity contribution in [2.45, 2.75) is 19.4 Å². The van der Waals surface area contributed by atoms with Crippen LogP contribution in [0.4, 0.5) is 0 Å². The summed E-state index contributed by atoms with van der Waals surface area (Å²) in [7, 11) is 1.60. The number of methoxy groups -OCH3 is 1. The number of hydrogen-bond acceptors (Lipinski definition) is 4. The number of benzene rings is 1. The highest BCUT2D eigenvalue weighted by atomic mass is 35.5. The first-order valence-electron chi connectivity index (χ1n) is 7.55. The summed E-state index contributed by atoms with van der Waals surface area (Å²) in [4.78, 5) is 14.0. The van der Waals surface area contributed by atoms with Crippen LogP contribution in [0.3, 0.4) is 0 Å². The monoisotopic (exact) mass is 340 g/mol. The van der Waals surface area contributed by atoms with Gasteiger partial charge in [-0.15, -0.1) is 19.0 Å². The van der Waals surface area contributed by atoms with Crippen LogP contribution in [-0.2, 0) is 11.2 Å². The minimum Gasteiger partial charge on any atom is -0.493 e. The SMILES string of the molecule is C=CCc1ccc(OCC(=O)N2CCNC(C)C2)c(OC)c1.Cl. The van der Waals surface area contributed by atoms with Crippen molar-refractivity contribution in [1.29, 1.82) is 0 Å². The third kappa shape index (κ3) is 5.44. The molecule has 6 heteroatoms. The fourth-order valence-electron chi connectivity index (χ4n) is 2.51. The maximum atomic E-state index is 12.2. The fourth-order valence-corrected chi connectivity index (χ4v) is 2.51. The highest BCUT2D eigenvalue weighted by molar-refractivity contribution is 5.85. The van der Waals surface area contributed by atoms with Gasteiger partial charge in [0.05, 0.1) is 7.11 Å². The summed E-state index contributed by atoms with van der Waals surface area (Å²) in [5, 5.41) is 3.31. The molecule has 0 saturated carbocycles. The number of allylic oxidation sites excluding steroid dienone is 1. The average molecular weight is 341 g/mol. The molecular formula is C17H25ClN2O3. The Hall–Kier alpha value is -1.72. The number of hydrogen-bond donors (Lipinski definition) is 1. The smallest absolute Gasteiger partial charge is 0.260 e. The van der Waals surface area contributed by atoms with Gasteiger partial charge in [0.2, 0.25) is 0 Å². The van der Waals surface area contributed by atoms with E-state index in [4.69, 9.17) is 9.47 Å². The first-order chi connectivity index (χ1) is 10.6. The van der Waals surface area contributed by atoms with Gasteiger partial charge in [0.15, 0.2) is 18.1 Å². The van der Waals surface area contributed by atoms with Crippen LogP contribution in [0.5, 0.6) is 11.5 Å². The Morgan fingerprint density at radius 3 is 2.91 bits per heavy atom. The highest BCUT2D eigenvalue weighted by Crippen LogP contribution is 2.28. The molecule has 1 aliphatic heterocycles. The molecule has 1 aromatic carbocycles. The molecule has 1 aliphatic rings. The van der Waals surface area contributed by atoms with Gasteiger partial charge >= 0.3 is 0 Å². The molecule has 0 radical (unpaired) electrons. The van der Waals surface area contributed by atoms with Crippen LogP contribution in [-0.4, -0.2) is 50.2 Å². The quantitative estimate of drug-likeness (QED) is 0.805. The van der Waals surface area contributed by atoms with Gasteiger partial charge in [-0.3, -0.25) is 4.79 Å². The van der Waals surface area contributed by atoms with Crippen LogP contribution in [0.15, 0.2) is 30.9 Å². The molecule has 2 rings (SSSR count). The number of halogens is 1. The second kappa shape index (κ2) is 9.43. The molecule has 1 aromatic rings. The first-order valence-corrected chi connectivity index (χ1v) is 7.55. The lowest BCUT2D eigenvalue weighted by Crippen LogP contribution is -2.52. The second-order valence-electron chi connectivity index (χ2n) is 5.46. The number of ether oxygens (including phenoxy) is 2. The summed E-state index contributed by atoms with van der Waals surface area (Å²) >= 11 is 0. The number of nitrogens with zero attached hydrogens (tertiary/aromatic N) is 1. The topological polar surface area (TPSA) is 50.8 Å². The molecule has 0 spiro atoms. The van der Waals surface area contributed by atoms with Crippen molar-refractivity contribution in [2.24, 2.45) is 0 Å². The van der Waals surface area contributed by atoms with Crippen molar-refractivity contribution < 1.29 is 14.3 Å². The van der Waals surface area contributed by atoms with E-state index < -0.39 is 0 Å². The van der Waals surface area contributed by atoms with E-state index >= 15 is 0 Å². The van der Waals surface area contributed by atoms with E-state index in [2.05, 4.69) is 18.8 Å². The minimum absolute atomic E-state index is 0. The average Bonchev–Trinajstić information content (AvgIpc) is 2.53. The lowest BCUT2D eigenvalue weighted by atomic mass is 10.1. The molecule has 1 amide bonds. The summed E-state index contributed by atoms with van der Waals surface area (Å²) in [5.41, 5.74) is 1.10. The highest BCUT2D eigenvalue weighted by Gasteiger charge is 2.21. The molecule has 1 heterocycles. The lowest BCUT2D eigenvalue weighted by Gasteiger charge is -2.31. The normalized spacial score (nSPS) is 17.1. The lowest BCUT2D eigenvalue weighted by molar-refractivity contribution is -0.134. The van der Waals surface area contributed by atoms with Gasteiger partial charge in [0.25, 0.3) is 5.91 Å². The van der Waals surface area contributed by atoms with Gasteiger partial charge in [-0.05, 0) is 31.0 Å². The molecule has 1 N–H and O–H groups in total. The van der Waals surface area contributed by atoms with Crippen LogP contribution < -0.4 is 14.8 Å². The van der Waals surface area contributed by atoms with Gasteiger partial charge < -0.3 is 19.7 Å². The predicted octanol–water partition coefficient (Wildman–Crippen LogP) is 2.04. The Balaban J connectivity index is 0.00000264. The van der Waals surface area contributed by atoms with E-state index in [0.717, 1.165) is 31.6 Å². The molecule has 23 heavy (non-hydrogen) atoms. The van der Waals surface area contributed by atoms with E-state index in [1.54, 1.807) is 7.11 Å². The van der Waals surface area contributed by atoms with Crippen LogP contribution in [0, 0.1) is 0 Å². The van der Waals surface area contributed by atoms with E-state index in [9.17, 15) is 4.79 Å². The Morgan fingerprint density at radius 2 is 2.26 bits per heavy atom. The summed E-state index contributed by atoms with van der Waals surface area (Å²) in [6.07, 6.45) is 2.61. The zero-order valence-corrected chi connectivity index (χ0v) is 14.5. The minimum atomic E-state index is 0. The predicted molar refractivity (Wildman–Crippen MR) is 93.7 cm³/mol. The van der Waals surface area contributed by atoms with Crippen LogP contribution in [0.2, 0.25) is 0 Å². The molecular weight excluding hydrogens is 316 g/mol. The molecule has 0 aliphatic carbocycles. The maximum Gasteiger partial charge on any atom is 0.260 e. The van der Waals surface area contributed by atoms with E-state index in [-0.39, 0.29) is 24.9 Å². The van der Waals surface area contributed by atoms with Gasteiger partial charge in [-0.25, -0.2) is 0 Å². The molecule has 0 bridgehead atoms. The Kier molecular flexibility index (Phi) is 7.92. The third-order valence-corrected chi connectivity index (χ3v) is 3.68. The van der Waals surface area contributed by atoms with Gasteiger partial charge in [-0.2, -0.15) is 0 Å². The van der Waals surface area contributed by atoms with Crippen molar-refractivity contribution in [2.75, 3.05) is 33.4 Å². The first kappa shape index (κ1) is 19.3. The van der Waals surface area contributed by atoms with Crippen molar-refractivity contribution in [1.82, 2.24) is 10.2 Å². The van der Waals surface area contributed by atoms with E-state index in [0.29, 0.717) is 17.5 Å². The van der Waals surface area contributed by atoms with Crippen molar-refractivity contribution in [3.63, 3.8) is 0 Å². The van der Waals surface area contributed by atoms with E-state index in [1.807, 2.05) is 29.2 Å². The van der Waals surface area contributed by atoms with Crippen molar-refractivity contribution in [3.8, 4) is 11.5 Å². The number of amides is 1. The number of nitrogens with one attached hydrogen (secondary N) is 1. The summed E-state index contributed by atoms with van der Waals surface area (Å²) in [5.74, 6) is 1.23. The van der Waals surface area contributed by atoms with Crippen LogP contribution in [0.25, 0.3) is 0 Å². The molecule has 1 saturated heterocycles. The zero-order chi connectivity index (χ0) is 15.9. The largest absolute Gasteiger partial charge is 0.493 e. The Bertz CT molecular complexity index is 537. The van der Waals surface area contributed by atoms with E-state index in [1.165, 1.54) is 0 Å². The van der Waals surface area contributed by atoms with Gasteiger partial charge in [0.1, 0.15) is 0 Å². The second-order valence-corrected chi connectivity index (χ2v) is 5.46. The number of carbonyl (C=O) groups excluding carboxylic acids is 1. The van der Waals surface area contributed by atoms with Crippen LogP contribution >= 0.6 is 12.4 Å². The summed E-state index contributed by atoms with van der Waals surface area (Å²) in [6, 6.07) is 6.03. The number of carbonyl (C=O) groups is 1. The zero-order valence-electron chi connectivity index (χ0n) is 13.7. The molecule has 1 fully saturated rings. The number of piperazine rings is 1. The van der Waals surface area contributed by atoms with Gasteiger partial charge in [-0.1, -0.05) is 12.1 Å². The Labute approximate surface area is 144 Å². The summed E-state index contributed by atoms with van der Waals surface area (Å²) in [6.45, 7) is 8.10. The fraction of sp³-hybridized carbons (Fsp3) is 0.471.